The molecule has 1 saturated heterocycles. The molecule has 2 unspecified atom stereocenters. The second-order valence-corrected chi connectivity index (χ2v) is 5.64. The summed E-state index contributed by atoms with van der Waals surface area (Å²) in [6.45, 7) is 6.24. The molecule has 1 aromatic carbocycles. The average Bonchev–Trinajstić information content (AvgIpc) is 2.77. The molecule has 3 heteroatoms. The van der Waals surface area contributed by atoms with Crippen LogP contribution in [0.1, 0.15) is 44.7 Å². The van der Waals surface area contributed by atoms with Crippen molar-refractivity contribution < 1.29 is 4.74 Å². The van der Waals surface area contributed by atoms with Crippen molar-refractivity contribution in [3.63, 3.8) is 0 Å². The molecule has 0 spiro atoms. The van der Waals surface area contributed by atoms with Gasteiger partial charge in [0.05, 0.1) is 11.6 Å². The Balaban J connectivity index is 2.24. The zero-order valence-electron chi connectivity index (χ0n) is 11.2. The van der Waals surface area contributed by atoms with E-state index in [2.05, 4.69) is 25.2 Å². The first kappa shape index (κ1) is 13.9. The predicted octanol–water partition coefficient (Wildman–Crippen LogP) is 3.95. The van der Waals surface area contributed by atoms with Crippen LogP contribution in [0.25, 0.3) is 0 Å². The third-order valence-electron chi connectivity index (χ3n) is 3.64. The van der Waals surface area contributed by atoms with Gasteiger partial charge < -0.3 is 10.1 Å². The van der Waals surface area contributed by atoms with Crippen LogP contribution in [0.4, 0.5) is 0 Å². The lowest BCUT2D eigenvalue weighted by Crippen LogP contribution is -2.41. The molecule has 1 aromatic rings. The minimum absolute atomic E-state index is 0.111. The summed E-state index contributed by atoms with van der Waals surface area (Å²) in [5.41, 5.74) is 1.11. The Hall–Kier alpha value is -0.570. The Labute approximate surface area is 115 Å². The van der Waals surface area contributed by atoms with E-state index in [1.807, 2.05) is 18.2 Å². The number of ether oxygens (including phenoxy) is 1. The van der Waals surface area contributed by atoms with Gasteiger partial charge in [0, 0.05) is 11.6 Å². The van der Waals surface area contributed by atoms with Gasteiger partial charge in [-0.3, -0.25) is 0 Å². The molecule has 2 rings (SSSR count). The second kappa shape index (κ2) is 6.05. The van der Waals surface area contributed by atoms with Crippen LogP contribution < -0.4 is 5.32 Å². The van der Waals surface area contributed by atoms with Crippen molar-refractivity contribution in [1.29, 1.82) is 0 Å². The smallest absolute Gasteiger partial charge is 0.0849 e. The minimum Gasteiger partial charge on any atom is -0.373 e. The molecule has 1 fully saturated rings. The van der Waals surface area contributed by atoms with Crippen molar-refractivity contribution in [2.24, 2.45) is 0 Å². The average molecular weight is 268 g/mol. The monoisotopic (exact) mass is 267 g/mol. The fraction of sp³-hybridized carbons (Fsp3) is 0.600. The molecule has 0 saturated carbocycles. The Morgan fingerprint density at radius 3 is 2.94 bits per heavy atom. The number of benzene rings is 1. The normalized spacial score (nSPS) is 25.3. The number of hydrogen-bond acceptors (Lipinski definition) is 2. The van der Waals surface area contributed by atoms with Crippen molar-refractivity contribution >= 4 is 11.6 Å². The molecule has 0 radical (unpaired) electrons. The molecule has 1 aliphatic rings. The molecule has 2 nitrogen and oxygen atoms in total. The molecule has 1 N–H and O–H groups in total. The SMILES string of the molecule is CCCNC(c1cccc(Cl)c1)C1(C)CCCO1. The highest BCUT2D eigenvalue weighted by atomic mass is 35.5. The number of nitrogens with one attached hydrogen (secondary N) is 1. The van der Waals surface area contributed by atoms with E-state index in [-0.39, 0.29) is 11.6 Å². The van der Waals surface area contributed by atoms with Crippen LogP contribution >= 0.6 is 11.6 Å². The van der Waals surface area contributed by atoms with Gasteiger partial charge in [-0.05, 0) is 50.4 Å². The first-order valence-corrected chi connectivity index (χ1v) is 7.16. The van der Waals surface area contributed by atoms with E-state index in [0.29, 0.717) is 0 Å². The lowest BCUT2D eigenvalue weighted by Gasteiger charge is -2.34. The van der Waals surface area contributed by atoms with E-state index in [9.17, 15) is 0 Å². The van der Waals surface area contributed by atoms with E-state index in [1.165, 1.54) is 5.56 Å². The molecule has 0 aromatic heterocycles. The Kier molecular flexibility index (Phi) is 4.66. The molecular formula is C15H22ClNO. The largest absolute Gasteiger partial charge is 0.373 e. The van der Waals surface area contributed by atoms with Crippen molar-refractivity contribution in [3.05, 3.63) is 34.9 Å². The van der Waals surface area contributed by atoms with E-state index < -0.39 is 0 Å². The maximum absolute atomic E-state index is 6.11. The summed E-state index contributed by atoms with van der Waals surface area (Å²) in [7, 11) is 0. The molecule has 1 heterocycles. The first-order chi connectivity index (χ1) is 8.65. The fourth-order valence-electron chi connectivity index (χ4n) is 2.69. The second-order valence-electron chi connectivity index (χ2n) is 5.21. The van der Waals surface area contributed by atoms with Gasteiger partial charge >= 0.3 is 0 Å². The van der Waals surface area contributed by atoms with Crippen LogP contribution in [-0.4, -0.2) is 18.8 Å². The Morgan fingerprint density at radius 1 is 1.50 bits per heavy atom. The van der Waals surface area contributed by atoms with Crippen LogP contribution in [0, 0.1) is 0 Å². The zero-order valence-corrected chi connectivity index (χ0v) is 12.0. The molecule has 2 atom stereocenters. The van der Waals surface area contributed by atoms with Crippen molar-refractivity contribution in [2.75, 3.05) is 13.2 Å². The molecule has 0 amide bonds. The van der Waals surface area contributed by atoms with Gasteiger partial charge in [0.1, 0.15) is 0 Å². The highest BCUT2D eigenvalue weighted by Crippen LogP contribution is 2.37. The van der Waals surface area contributed by atoms with Crippen molar-refractivity contribution in [2.45, 2.75) is 44.8 Å². The quantitative estimate of drug-likeness (QED) is 0.872. The summed E-state index contributed by atoms with van der Waals surface area (Å²) in [6.07, 6.45) is 3.36. The van der Waals surface area contributed by atoms with Crippen LogP contribution in [-0.2, 0) is 4.74 Å². The summed E-state index contributed by atoms with van der Waals surface area (Å²) in [4.78, 5) is 0. The van der Waals surface area contributed by atoms with Gasteiger partial charge in [-0.15, -0.1) is 0 Å². The van der Waals surface area contributed by atoms with Gasteiger partial charge in [0.2, 0.25) is 0 Å². The van der Waals surface area contributed by atoms with Crippen LogP contribution in [0.3, 0.4) is 0 Å². The van der Waals surface area contributed by atoms with E-state index >= 15 is 0 Å². The predicted molar refractivity (Wildman–Crippen MR) is 76.1 cm³/mol. The maximum atomic E-state index is 6.11. The lowest BCUT2D eigenvalue weighted by atomic mass is 9.87. The van der Waals surface area contributed by atoms with Crippen LogP contribution in [0.5, 0.6) is 0 Å². The summed E-state index contributed by atoms with van der Waals surface area (Å²) in [6, 6.07) is 8.32. The van der Waals surface area contributed by atoms with Gasteiger partial charge in [-0.25, -0.2) is 0 Å². The van der Waals surface area contributed by atoms with Crippen molar-refractivity contribution in [3.8, 4) is 0 Å². The van der Waals surface area contributed by atoms with Gasteiger partial charge in [0.15, 0.2) is 0 Å². The third-order valence-corrected chi connectivity index (χ3v) is 3.88. The van der Waals surface area contributed by atoms with E-state index in [0.717, 1.165) is 37.4 Å². The Morgan fingerprint density at radius 2 is 2.33 bits per heavy atom. The van der Waals surface area contributed by atoms with E-state index in [4.69, 9.17) is 16.3 Å². The van der Waals surface area contributed by atoms with Crippen molar-refractivity contribution in [1.82, 2.24) is 5.32 Å². The molecular weight excluding hydrogens is 246 g/mol. The first-order valence-electron chi connectivity index (χ1n) is 6.78. The fourth-order valence-corrected chi connectivity index (χ4v) is 2.89. The van der Waals surface area contributed by atoms with E-state index in [1.54, 1.807) is 0 Å². The standard InChI is InChI=1S/C15H22ClNO/c1-3-9-17-14(15(2)8-5-10-18-15)12-6-4-7-13(16)11-12/h4,6-7,11,14,17H,3,5,8-10H2,1-2H3. The highest BCUT2D eigenvalue weighted by Gasteiger charge is 2.38. The van der Waals surface area contributed by atoms with Crippen LogP contribution in [0.2, 0.25) is 5.02 Å². The number of halogens is 1. The highest BCUT2D eigenvalue weighted by molar-refractivity contribution is 6.30. The third kappa shape index (κ3) is 3.05. The molecule has 0 aliphatic carbocycles. The summed E-state index contributed by atoms with van der Waals surface area (Å²) >= 11 is 6.11. The Bertz CT molecular complexity index is 388. The maximum Gasteiger partial charge on any atom is 0.0849 e. The van der Waals surface area contributed by atoms with Gasteiger partial charge in [-0.1, -0.05) is 30.7 Å². The number of hydrogen-bond donors (Lipinski definition) is 1. The summed E-state index contributed by atoms with van der Waals surface area (Å²) < 4.78 is 5.99. The summed E-state index contributed by atoms with van der Waals surface area (Å²) in [5, 5.41) is 4.40. The van der Waals surface area contributed by atoms with Gasteiger partial charge in [-0.2, -0.15) is 0 Å². The molecule has 18 heavy (non-hydrogen) atoms. The zero-order chi connectivity index (χ0) is 13.0. The molecule has 100 valence electrons. The number of rotatable bonds is 5. The lowest BCUT2D eigenvalue weighted by molar-refractivity contribution is -0.0124. The molecule has 0 bridgehead atoms. The molecule has 1 aliphatic heterocycles. The van der Waals surface area contributed by atoms with Gasteiger partial charge in [0.25, 0.3) is 0 Å². The van der Waals surface area contributed by atoms with Crippen LogP contribution in [0.15, 0.2) is 24.3 Å². The minimum atomic E-state index is -0.111. The topological polar surface area (TPSA) is 21.3 Å². The summed E-state index contributed by atoms with van der Waals surface area (Å²) in [5.74, 6) is 0.